The maximum Gasteiger partial charge on any atom is 0.305 e. The largest absolute Gasteiger partial charge is 0.469 e. The van der Waals surface area contributed by atoms with Crippen LogP contribution in [0.25, 0.3) is 0 Å². The average Bonchev–Trinajstić information content (AvgIpc) is 3.12. The molecule has 0 aromatic heterocycles. The number of esters is 1. The smallest absolute Gasteiger partial charge is 0.305 e. The third-order valence-corrected chi connectivity index (χ3v) is 5.75. The fourth-order valence-corrected chi connectivity index (χ4v) is 4.27. The summed E-state index contributed by atoms with van der Waals surface area (Å²) >= 11 is 0. The van der Waals surface area contributed by atoms with Crippen LogP contribution >= 0.6 is 0 Å². The lowest BCUT2D eigenvalue weighted by Crippen LogP contribution is -2.19. The first-order valence-electron chi connectivity index (χ1n) is 10.3. The van der Waals surface area contributed by atoms with Gasteiger partial charge in [-0.3, -0.25) is 4.79 Å². The van der Waals surface area contributed by atoms with Crippen LogP contribution in [0.4, 0.5) is 0 Å². The first-order chi connectivity index (χ1) is 12.9. The zero-order valence-electron chi connectivity index (χ0n) is 17.0. The number of ether oxygens (including phenoxy) is 2. The second-order valence-electron chi connectivity index (χ2n) is 8.21. The quantitative estimate of drug-likeness (QED) is 0.344. The second-order valence-corrected chi connectivity index (χ2v) is 8.21. The van der Waals surface area contributed by atoms with Crippen molar-refractivity contribution in [2.24, 2.45) is 11.8 Å². The molecule has 2 fully saturated rings. The summed E-state index contributed by atoms with van der Waals surface area (Å²) in [6, 6.07) is 0. The Kier molecular flexibility index (Phi) is 9.00. The molecule has 5 heteroatoms. The average molecular weight is 381 g/mol. The molecule has 27 heavy (non-hydrogen) atoms. The number of aliphatic hydroxyl groups excluding tert-OH is 2. The minimum atomic E-state index is -0.469. The molecule has 0 aromatic carbocycles. The molecule has 0 aromatic rings. The molecule has 0 spiro atoms. The molecule has 0 bridgehead atoms. The number of rotatable bonds is 10. The topological polar surface area (TPSA) is 76.0 Å². The summed E-state index contributed by atoms with van der Waals surface area (Å²) in [4.78, 5) is 11.2. The number of unbranched alkanes of at least 4 members (excludes halogenated alkanes) is 1. The zero-order valence-corrected chi connectivity index (χ0v) is 17.0. The SMILES string of the molecule is COC(=O)CCCC[C@H]1C[C@@H]2[C@@H](C=C[C@@H](O)CCC=C(C)C)[C@H](O)C[C@@H]2O1. The number of allylic oxidation sites excluding steroid dienone is 2. The van der Waals surface area contributed by atoms with Gasteiger partial charge in [0.1, 0.15) is 0 Å². The summed E-state index contributed by atoms with van der Waals surface area (Å²) in [6.45, 7) is 4.12. The summed E-state index contributed by atoms with van der Waals surface area (Å²) in [7, 11) is 1.42. The van der Waals surface area contributed by atoms with E-state index in [9.17, 15) is 15.0 Å². The van der Waals surface area contributed by atoms with Gasteiger partial charge in [0, 0.05) is 18.8 Å². The van der Waals surface area contributed by atoms with E-state index in [0.717, 1.165) is 32.1 Å². The van der Waals surface area contributed by atoms with Crippen molar-refractivity contribution >= 4 is 5.97 Å². The molecular formula is C22H36O5. The fourth-order valence-electron chi connectivity index (χ4n) is 4.27. The third kappa shape index (κ3) is 7.05. The summed E-state index contributed by atoms with van der Waals surface area (Å²) < 4.78 is 10.8. The van der Waals surface area contributed by atoms with Crippen molar-refractivity contribution in [3.63, 3.8) is 0 Å². The lowest BCUT2D eigenvalue weighted by Gasteiger charge is -2.18. The van der Waals surface area contributed by atoms with Gasteiger partial charge in [-0.2, -0.15) is 0 Å². The van der Waals surface area contributed by atoms with Crippen molar-refractivity contribution in [1.29, 1.82) is 0 Å². The van der Waals surface area contributed by atoms with Crippen LogP contribution in [0.5, 0.6) is 0 Å². The number of methoxy groups -OCH3 is 1. The Balaban J connectivity index is 1.76. The van der Waals surface area contributed by atoms with E-state index >= 15 is 0 Å². The third-order valence-electron chi connectivity index (χ3n) is 5.75. The Morgan fingerprint density at radius 3 is 2.78 bits per heavy atom. The predicted octanol–water partition coefficient (Wildman–Crippen LogP) is 3.54. The molecule has 0 amide bonds. The van der Waals surface area contributed by atoms with Gasteiger partial charge < -0.3 is 19.7 Å². The van der Waals surface area contributed by atoms with E-state index in [1.54, 1.807) is 0 Å². The van der Waals surface area contributed by atoms with E-state index in [-0.39, 0.29) is 30.2 Å². The van der Waals surface area contributed by atoms with Crippen LogP contribution in [0.2, 0.25) is 0 Å². The Morgan fingerprint density at radius 2 is 2.07 bits per heavy atom. The molecule has 0 unspecified atom stereocenters. The first-order valence-corrected chi connectivity index (χ1v) is 10.3. The maximum atomic E-state index is 11.2. The van der Waals surface area contributed by atoms with Crippen molar-refractivity contribution in [3.05, 3.63) is 23.8 Å². The molecule has 1 saturated carbocycles. The van der Waals surface area contributed by atoms with Crippen molar-refractivity contribution in [2.45, 2.75) is 89.6 Å². The molecular weight excluding hydrogens is 344 g/mol. The lowest BCUT2D eigenvalue weighted by atomic mass is 9.89. The van der Waals surface area contributed by atoms with Gasteiger partial charge in [-0.05, 0) is 51.9 Å². The lowest BCUT2D eigenvalue weighted by molar-refractivity contribution is -0.140. The second kappa shape index (κ2) is 11.0. The highest BCUT2D eigenvalue weighted by atomic mass is 16.5. The number of carbonyl (C=O) groups is 1. The van der Waals surface area contributed by atoms with Crippen LogP contribution in [0, 0.1) is 11.8 Å². The van der Waals surface area contributed by atoms with Crippen molar-refractivity contribution in [1.82, 2.24) is 0 Å². The molecule has 154 valence electrons. The summed E-state index contributed by atoms with van der Waals surface area (Å²) in [5.74, 6) is 0.232. The highest BCUT2D eigenvalue weighted by Gasteiger charge is 2.47. The van der Waals surface area contributed by atoms with Crippen LogP contribution < -0.4 is 0 Å². The number of aliphatic hydroxyl groups is 2. The molecule has 2 aliphatic rings. The van der Waals surface area contributed by atoms with Gasteiger partial charge >= 0.3 is 5.97 Å². The highest BCUT2D eigenvalue weighted by molar-refractivity contribution is 5.68. The van der Waals surface area contributed by atoms with Gasteiger partial charge in [0.05, 0.1) is 31.5 Å². The van der Waals surface area contributed by atoms with E-state index in [2.05, 4.69) is 24.7 Å². The Bertz CT molecular complexity index is 523. The Hall–Kier alpha value is -1.17. The summed E-state index contributed by atoms with van der Waals surface area (Å²) in [5, 5.41) is 20.5. The molecule has 0 radical (unpaired) electrons. The Morgan fingerprint density at radius 1 is 1.30 bits per heavy atom. The summed E-state index contributed by atoms with van der Waals surface area (Å²) in [6.07, 6.45) is 11.8. The highest BCUT2D eigenvalue weighted by Crippen LogP contribution is 2.45. The normalized spacial score (nSPS) is 31.1. The fraction of sp³-hybridized carbons (Fsp3) is 0.773. The molecule has 2 N–H and O–H groups in total. The van der Waals surface area contributed by atoms with Gasteiger partial charge in [0.2, 0.25) is 0 Å². The van der Waals surface area contributed by atoms with Crippen LogP contribution in [-0.2, 0) is 14.3 Å². The van der Waals surface area contributed by atoms with Gasteiger partial charge in [0.15, 0.2) is 0 Å². The molecule has 1 aliphatic heterocycles. The number of hydrogen-bond acceptors (Lipinski definition) is 5. The van der Waals surface area contributed by atoms with Crippen molar-refractivity contribution < 1.29 is 24.5 Å². The molecule has 1 heterocycles. The van der Waals surface area contributed by atoms with Crippen LogP contribution in [0.1, 0.15) is 65.2 Å². The Labute approximate surface area is 163 Å². The van der Waals surface area contributed by atoms with Gasteiger partial charge in [-0.1, -0.05) is 30.2 Å². The molecule has 1 aliphatic carbocycles. The molecule has 5 nitrogen and oxygen atoms in total. The molecule has 2 rings (SSSR count). The number of hydrogen-bond donors (Lipinski definition) is 2. The van der Waals surface area contributed by atoms with Gasteiger partial charge in [-0.15, -0.1) is 0 Å². The minimum Gasteiger partial charge on any atom is -0.469 e. The van der Waals surface area contributed by atoms with Gasteiger partial charge in [0.25, 0.3) is 0 Å². The number of fused-ring (bicyclic) bond motifs is 1. The molecule has 1 saturated heterocycles. The van der Waals surface area contributed by atoms with E-state index in [1.807, 2.05) is 12.2 Å². The van der Waals surface area contributed by atoms with Crippen molar-refractivity contribution in [2.75, 3.05) is 7.11 Å². The molecule has 6 atom stereocenters. The van der Waals surface area contributed by atoms with Crippen molar-refractivity contribution in [3.8, 4) is 0 Å². The zero-order chi connectivity index (χ0) is 19.8. The van der Waals surface area contributed by atoms with E-state index in [4.69, 9.17) is 4.74 Å². The van der Waals surface area contributed by atoms with Crippen LogP contribution in [0.15, 0.2) is 23.8 Å². The standard InChI is InChI=1S/C22H36O5/c1-15(2)7-6-8-16(23)11-12-18-19-13-17(27-21(19)14-20(18)24)9-4-5-10-22(25)26-3/h7,11-12,16-21,23-24H,4-6,8-10,13-14H2,1-3H3/t16-,17-,18+,19+,20+,21-/m0/s1. The van der Waals surface area contributed by atoms with Crippen LogP contribution in [0.3, 0.4) is 0 Å². The number of carbonyl (C=O) groups excluding carboxylic acids is 1. The van der Waals surface area contributed by atoms with Gasteiger partial charge in [-0.25, -0.2) is 0 Å². The maximum absolute atomic E-state index is 11.2. The summed E-state index contributed by atoms with van der Waals surface area (Å²) in [5.41, 5.74) is 1.26. The van der Waals surface area contributed by atoms with E-state index in [0.29, 0.717) is 25.2 Å². The van der Waals surface area contributed by atoms with E-state index in [1.165, 1.54) is 12.7 Å². The first kappa shape index (κ1) is 22.1. The monoisotopic (exact) mass is 380 g/mol. The minimum absolute atomic E-state index is 0.0631. The predicted molar refractivity (Wildman–Crippen MR) is 105 cm³/mol. The van der Waals surface area contributed by atoms with E-state index < -0.39 is 6.10 Å². The van der Waals surface area contributed by atoms with Crippen LogP contribution in [-0.4, -0.2) is 47.7 Å².